The number of piperidine rings is 1. The number of amides is 6. The van der Waals surface area contributed by atoms with E-state index in [9.17, 15) is 39.0 Å². The van der Waals surface area contributed by atoms with Crippen molar-refractivity contribution in [1.29, 1.82) is 0 Å². The zero-order valence-corrected chi connectivity index (χ0v) is 32.5. The Bertz CT molecular complexity index is 2110. The van der Waals surface area contributed by atoms with E-state index in [4.69, 9.17) is 0 Å². The summed E-state index contributed by atoms with van der Waals surface area (Å²) in [5, 5.41) is 25.6. The number of phenols is 2. The number of nitrogens with one attached hydrogen (secondary N) is 2. The second-order valence-corrected chi connectivity index (χ2v) is 15.9. The Labute approximate surface area is 331 Å². The highest BCUT2D eigenvalue weighted by molar-refractivity contribution is 6.26. The Morgan fingerprint density at radius 1 is 0.842 bits per heavy atom. The zero-order chi connectivity index (χ0) is 40.4. The van der Waals surface area contributed by atoms with Crippen molar-refractivity contribution in [2.24, 2.45) is 0 Å². The number of anilines is 1. The van der Waals surface area contributed by atoms with Crippen LogP contribution < -0.4 is 10.6 Å². The number of phenolic OH excluding ortho intramolecular Hbond substituents is 2. The van der Waals surface area contributed by atoms with Gasteiger partial charge in [-0.3, -0.25) is 43.9 Å². The molecule has 4 heterocycles. The highest BCUT2D eigenvalue weighted by atomic mass is 16.3. The summed E-state index contributed by atoms with van der Waals surface area (Å²) in [6.07, 6.45) is 3.97. The number of unbranched alkanes of at least 4 members (excludes halogenated alkanes) is 3. The van der Waals surface area contributed by atoms with Crippen LogP contribution in [0.15, 0.2) is 48.5 Å². The first-order valence-electron chi connectivity index (χ1n) is 19.9. The van der Waals surface area contributed by atoms with Gasteiger partial charge in [0, 0.05) is 64.7 Å². The molecule has 0 spiro atoms. The topological polar surface area (TPSA) is 180 Å². The summed E-state index contributed by atoms with van der Waals surface area (Å²) in [5.41, 5.74) is 4.72. The van der Waals surface area contributed by atoms with Gasteiger partial charge in [0.25, 0.3) is 17.7 Å². The smallest absolute Gasteiger partial charge is 0.264 e. The van der Waals surface area contributed by atoms with Crippen LogP contribution in [0.2, 0.25) is 0 Å². The van der Waals surface area contributed by atoms with Crippen LogP contribution in [-0.2, 0) is 34.0 Å². The van der Waals surface area contributed by atoms with Crippen LogP contribution in [0.3, 0.4) is 0 Å². The molecule has 0 radical (unpaired) electrons. The molecule has 3 aromatic rings. The minimum atomic E-state index is -1.07. The SMILES string of the molecule is CC(C)c1cc(C(=O)N2Cc3ccc(CN4CCN(CCCCCCC(=O)Nc5cccc6c5C(=O)N(C5CCC(=O)NC5=O)C6=O)CC4)cc3C2)c(O)cc1O. The van der Waals surface area contributed by atoms with Crippen molar-refractivity contribution in [2.45, 2.75) is 90.4 Å². The van der Waals surface area contributed by atoms with E-state index in [0.717, 1.165) is 74.6 Å². The summed E-state index contributed by atoms with van der Waals surface area (Å²) < 4.78 is 0. The molecule has 14 nitrogen and oxygen atoms in total. The highest BCUT2D eigenvalue weighted by Gasteiger charge is 2.45. The highest BCUT2D eigenvalue weighted by Crippen LogP contribution is 2.35. The molecule has 14 heteroatoms. The fourth-order valence-electron chi connectivity index (χ4n) is 8.32. The number of benzene rings is 3. The largest absolute Gasteiger partial charge is 0.508 e. The van der Waals surface area contributed by atoms with Gasteiger partial charge in [0.15, 0.2) is 0 Å². The normalized spacial score (nSPS) is 18.6. The maximum atomic E-state index is 13.4. The lowest BCUT2D eigenvalue weighted by molar-refractivity contribution is -0.136. The predicted octanol–water partition coefficient (Wildman–Crippen LogP) is 4.49. The van der Waals surface area contributed by atoms with E-state index in [1.807, 2.05) is 13.8 Å². The first kappa shape index (κ1) is 39.6. The molecular weight excluding hydrogens is 729 g/mol. The molecule has 0 aliphatic carbocycles. The van der Waals surface area contributed by atoms with Crippen molar-refractivity contribution in [1.82, 2.24) is 24.9 Å². The van der Waals surface area contributed by atoms with Gasteiger partial charge in [0.2, 0.25) is 17.7 Å². The minimum absolute atomic E-state index is 0.00938. The standard InChI is InChI=1S/C43H50N6O8/c1-26(2)31-21-32(36(51)22-35(31)50)41(55)48-24-28-12-11-27(20-29(28)25-48)23-47-18-16-46(17-19-47)15-6-4-3-5-10-37(52)44-33-9-7-8-30-39(33)43(57)49(42(30)56)34-13-14-38(53)45-40(34)54/h7-9,11-12,20-22,26,34,50-51H,3-6,10,13-19,23-25H2,1-2H3,(H,44,52)(H,45,53,54). The van der Waals surface area contributed by atoms with Crippen molar-refractivity contribution in [3.05, 3.63) is 87.5 Å². The van der Waals surface area contributed by atoms with Crippen molar-refractivity contribution >= 4 is 41.1 Å². The monoisotopic (exact) mass is 778 g/mol. The van der Waals surface area contributed by atoms with Gasteiger partial charge in [-0.1, -0.05) is 51.0 Å². The second-order valence-electron chi connectivity index (χ2n) is 15.9. The third-order valence-corrected chi connectivity index (χ3v) is 11.5. The van der Waals surface area contributed by atoms with E-state index in [1.165, 1.54) is 17.7 Å². The Hall–Kier alpha value is -5.60. The summed E-state index contributed by atoms with van der Waals surface area (Å²) in [6.45, 7) is 10.5. The molecule has 3 aromatic carbocycles. The summed E-state index contributed by atoms with van der Waals surface area (Å²) in [7, 11) is 0. The van der Waals surface area contributed by atoms with Gasteiger partial charge in [0.1, 0.15) is 17.5 Å². The third kappa shape index (κ3) is 8.57. The van der Waals surface area contributed by atoms with Crippen LogP contribution in [0.4, 0.5) is 5.69 Å². The number of nitrogens with zero attached hydrogens (tertiary/aromatic N) is 4. The maximum Gasteiger partial charge on any atom is 0.264 e. The number of fused-ring (bicyclic) bond motifs is 2. The van der Waals surface area contributed by atoms with Crippen LogP contribution in [0, 0.1) is 0 Å². The minimum Gasteiger partial charge on any atom is -0.508 e. The molecule has 0 saturated carbocycles. The molecule has 2 saturated heterocycles. The van der Waals surface area contributed by atoms with Crippen molar-refractivity contribution in [3.63, 3.8) is 0 Å². The van der Waals surface area contributed by atoms with E-state index < -0.39 is 29.7 Å². The lowest BCUT2D eigenvalue weighted by Gasteiger charge is -2.34. The van der Waals surface area contributed by atoms with Gasteiger partial charge < -0.3 is 25.3 Å². The van der Waals surface area contributed by atoms with E-state index in [0.29, 0.717) is 25.1 Å². The number of hydrogen-bond donors (Lipinski definition) is 4. The third-order valence-electron chi connectivity index (χ3n) is 11.5. The Balaban J connectivity index is 0.799. The van der Waals surface area contributed by atoms with Gasteiger partial charge in [-0.05, 0) is 72.2 Å². The Morgan fingerprint density at radius 2 is 1.58 bits per heavy atom. The average Bonchev–Trinajstić information content (AvgIpc) is 3.71. The van der Waals surface area contributed by atoms with Crippen molar-refractivity contribution in [2.75, 3.05) is 38.0 Å². The fourth-order valence-corrected chi connectivity index (χ4v) is 8.32. The van der Waals surface area contributed by atoms with Gasteiger partial charge in [-0.25, -0.2) is 0 Å². The van der Waals surface area contributed by atoms with E-state index in [-0.39, 0.29) is 70.9 Å². The zero-order valence-electron chi connectivity index (χ0n) is 32.5. The first-order chi connectivity index (χ1) is 27.4. The number of hydrogen-bond acceptors (Lipinski definition) is 10. The summed E-state index contributed by atoms with van der Waals surface area (Å²) in [5.74, 6) is -3.09. The summed E-state index contributed by atoms with van der Waals surface area (Å²) in [4.78, 5) is 84.2. The van der Waals surface area contributed by atoms with Crippen LogP contribution >= 0.6 is 0 Å². The van der Waals surface area contributed by atoms with Crippen LogP contribution in [0.1, 0.15) is 118 Å². The molecule has 2 fully saturated rings. The van der Waals surface area contributed by atoms with Gasteiger partial charge >= 0.3 is 0 Å². The summed E-state index contributed by atoms with van der Waals surface area (Å²) >= 11 is 0. The maximum absolute atomic E-state index is 13.4. The molecule has 0 bridgehead atoms. The molecule has 0 aromatic heterocycles. The molecule has 4 N–H and O–H groups in total. The Kier molecular flexibility index (Phi) is 11.7. The predicted molar refractivity (Wildman–Crippen MR) is 210 cm³/mol. The quantitative estimate of drug-likeness (QED) is 0.143. The number of carbonyl (C=O) groups excluding carboxylic acids is 6. The van der Waals surface area contributed by atoms with Gasteiger partial charge in [-0.2, -0.15) is 0 Å². The lowest BCUT2D eigenvalue weighted by atomic mass is 9.98. The van der Waals surface area contributed by atoms with Gasteiger partial charge in [0.05, 0.1) is 22.4 Å². The number of imide groups is 2. The van der Waals surface area contributed by atoms with E-state index in [1.54, 1.807) is 23.1 Å². The lowest BCUT2D eigenvalue weighted by Crippen LogP contribution is -2.54. The molecule has 1 atom stereocenters. The molecule has 4 aliphatic heterocycles. The van der Waals surface area contributed by atoms with Crippen LogP contribution in [0.5, 0.6) is 11.5 Å². The Morgan fingerprint density at radius 3 is 2.33 bits per heavy atom. The van der Waals surface area contributed by atoms with Crippen LogP contribution in [-0.4, -0.2) is 104 Å². The molecule has 4 aliphatic rings. The molecule has 7 rings (SSSR count). The molecule has 1 unspecified atom stereocenters. The molecule has 300 valence electrons. The summed E-state index contributed by atoms with van der Waals surface area (Å²) in [6, 6.07) is 12.9. The number of rotatable bonds is 13. The number of aromatic hydroxyl groups is 2. The molecule has 57 heavy (non-hydrogen) atoms. The average molecular weight is 779 g/mol. The van der Waals surface area contributed by atoms with Crippen molar-refractivity contribution < 1.29 is 39.0 Å². The molecule has 6 amide bonds. The number of piperazine rings is 1. The van der Waals surface area contributed by atoms with Crippen LogP contribution in [0.25, 0.3) is 0 Å². The van der Waals surface area contributed by atoms with E-state index in [2.05, 4.69) is 38.6 Å². The van der Waals surface area contributed by atoms with E-state index >= 15 is 0 Å². The first-order valence-corrected chi connectivity index (χ1v) is 19.9. The van der Waals surface area contributed by atoms with Gasteiger partial charge in [-0.15, -0.1) is 0 Å². The number of carbonyl (C=O) groups is 6. The fraction of sp³-hybridized carbons (Fsp3) is 0.442. The molecular formula is C43H50N6O8. The van der Waals surface area contributed by atoms with Crippen molar-refractivity contribution in [3.8, 4) is 11.5 Å². The second kappa shape index (κ2) is 16.9.